The molecule has 2 rings (SSSR count). The van der Waals surface area contributed by atoms with Crippen molar-refractivity contribution >= 4 is 6.20 Å². The Balaban J connectivity index is 2.73. The number of nitrogens with zero attached hydrogens (tertiary/aromatic N) is 1. The van der Waals surface area contributed by atoms with E-state index in [9.17, 15) is 0 Å². The zero-order chi connectivity index (χ0) is 7.68. The van der Waals surface area contributed by atoms with E-state index in [1.54, 1.807) is 6.20 Å². The van der Waals surface area contributed by atoms with Crippen molar-refractivity contribution in [2.45, 2.75) is 0 Å². The molecule has 2 heteroatoms. The van der Waals surface area contributed by atoms with Crippen molar-refractivity contribution in [3.8, 4) is 0 Å². The first-order valence-corrected chi connectivity index (χ1v) is 3.23. The quantitative estimate of drug-likeness (QED) is 0.512. The molecule has 10 heavy (non-hydrogen) atoms. The molecule has 0 amide bonds. The van der Waals surface area contributed by atoms with E-state index < -0.39 is 0 Å². The standard InChI is InChI=1S/C8H8N2/c1-2-4-8-7(3-1)5-9-6-10-8/h1-5,9H,6H2/i/hD. The van der Waals surface area contributed by atoms with Crippen LogP contribution in [0.2, 0.25) is 1.41 Å². The number of hydrogen-bond acceptors (Lipinski definition) is 2. The van der Waals surface area contributed by atoms with Crippen molar-refractivity contribution in [1.29, 1.82) is 0 Å². The van der Waals surface area contributed by atoms with Crippen LogP contribution in [0, 0.1) is 0 Å². The van der Waals surface area contributed by atoms with Crippen molar-refractivity contribution < 1.29 is 1.41 Å². The van der Waals surface area contributed by atoms with Crippen LogP contribution in [0.5, 0.6) is 0 Å². The Kier molecular flexibility index (Phi) is 0.961. The first kappa shape index (κ1) is 4.50. The minimum Gasteiger partial charge on any atom is -0.372 e. The van der Waals surface area contributed by atoms with Gasteiger partial charge < -0.3 is 5.31 Å². The van der Waals surface area contributed by atoms with Gasteiger partial charge in [-0.05, 0) is 6.07 Å². The van der Waals surface area contributed by atoms with Gasteiger partial charge in [0.25, 0.3) is 0 Å². The summed E-state index contributed by atoms with van der Waals surface area (Å²) in [7, 11) is 0. The Morgan fingerprint density at radius 3 is 3.40 bits per heavy atom. The molecule has 0 saturated carbocycles. The molecule has 0 atom stereocenters. The molecule has 1 N–H and O–H groups in total. The van der Waals surface area contributed by atoms with Crippen molar-refractivity contribution in [2.75, 3.05) is 6.67 Å². The van der Waals surface area contributed by atoms with Crippen molar-refractivity contribution in [3.63, 3.8) is 0 Å². The van der Waals surface area contributed by atoms with Crippen LogP contribution in [0.3, 0.4) is 0 Å². The molecule has 0 radical (unpaired) electrons. The number of hydrogen-bond donors (Lipinski definition) is 1. The van der Waals surface area contributed by atoms with Gasteiger partial charge in [0.15, 0.2) is 1.41 Å². The average molecular weight is 133 g/mol. The number of fused-ring (bicyclic) bond motifs is 1. The normalized spacial score (nSPS) is 16.4. The molecule has 0 aromatic heterocycles. The first-order valence-electron chi connectivity index (χ1n) is 3.68. The fourth-order valence-corrected chi connectivity index (χ4v) is 0.997. The van der Waals surface area contributed by atoms with Crippen molar-refractivity contribution in [3.05, 3.63) is 34.8 Å². The number of para-hydroxylation sites is 1. The lowest BCUT2D eigenvalue weighted by molar-refractivity contribution is 0.867. The van der Waals surface area contributed by atoms with Gasteiger partial charge in [0.2, 0.25) is 0 Å². The van der Waals surface area contributed by atoms with Crippen LogP contribution in [0.25, 0.3) is 6.20 Å². The van der Waals surface area contributed by atoms with Crippen LogP contribution in [0.1, 0.15) is 0 Å². The van der Waals surface area contributed by atoms with Crippen molar-refractivity contribution in [2.24, 2.45) is 4.99 Å². The van der Waals surface area contributed by atoms with Crippen LogP contribution in [-0.2, 0) is 0 Å². The Hall–Kier alpha value is -1.31. The van der Waals surface area contributed by atoms with Gasteiger partial charge in [-0.15, -0.1) is 0 Å². The molecule has 0 aliphatic carbocycles. The predicted molar refractivity (Wildman–Crippen MR) is 39.7 cm³/mol. The third-order valence-electron chi connectivity index (χ3n) is 1.49. The molecule has 2 nitrogen and oxygen atoms in total. The summed E-state index contributed by atoms with van der Waals surface area (Å²) in [5.74, 6) is 0. The molecule has 1 aliphatic heterocycles. The highest BCUT2D eigenvalue weighted by Gasteiger charge is 1.88. The molecule has 1 heterocycles. The summed E-state index contributed by atoms with van der Waals surface area (Å²) in [4.78, 5) is 4.18. The first-order chi connectivity index (χ1) is 5.36. The maximum absolute atomic E-state index is 7.29. The molecular formula is C8H8N2. The average Bonchev–Trinajstić information content (AvgIpc) is 2.04. The van der Waals surface area contributed by atoms with Crippen molar-refractivity contribution in [1.82, 2.24) is 5.31 Å². The van der Waals surface area contributed by atoms with Gasteiger partial charge in [-0.2, -0.15) is 0 Å². The summed E-state index contributed by atoms with van der Waals surface area (Å²) in [6.07, 6.45) is 1.78. The van der Waals surface area contributed by atoms with E-state index in [2.05, 4.69) is 4.99 Å². The monoisotopic (exact) mass is 133 g/mol. The molecule has 0 unspecified atom stereocenters. The molecule has 0 spiro atoms. The highest BCUT2D eigenvalue weighted by molar-refractivity contribution is 5.22. The third-order valence-corrected chi connectivity index (χ3v) is 1.49. The number of benzene rings is 1. The van der Waals surface area contributed by atoms with Gasteiger partial charge in [0.05, 0.1) is 5.36 Å². The molecule has 1 aromatic carbocycles. The fraction of sp³-hybridized carbons (Fsp3) is 0.125. The Morgan fingerprint density at radius 2 is 2.40 bits per heavy atom. The van der Waals surface area contributed by atoms with E-state index in [1.807, 2.05) is 24.3 Å². The lowest BCUT2D eigenvalue weighted by Gasteiger charge is -2.00. The lowest BCUT2D eigenvalue weighted by atomic mass is 10.3. The van der Waals surface area contributed by atoms with E-state index in [4.69, 9.17) is 1.41 Å². The highest BCUT2D eigenvalue weighted by atomic mass is 15.0. The van der Waals surface area contributed by atoms with Crippen LogP contribution in [-0.4, -0.2) is 6.67 Å². The van der Waals surface area contributed by atoms with Gasteiger partial charge in [-0.1, -0.05) is 18.2 Å². The van der Waals surface area contributed by atoms with Crippen LogP contribution >= 0.6 is 0 Å². The highest BCUT2D eigenvalue weighted by Crippen LogP contribution is 1.74. The van der Waals surface area contributed by atoms with E-state index in [0.717, 1.165) is 10.6 Å². The van der Waals surface area contributed by atoms with Gasteiger partial charge in [-0.3, -0.25) is 4.99 Å². The molecule has 0 saturated heterocycles. The van der Waals surface area contributed by atoms with Crippen LogP contribution in [0.15, 0.2) is 29.3 Å². The zero-order valence-electron chi connectivity index (χ0n) is 6.49. The van der Waals surface area contributed by atoms with Crippen LogP contribution < -0.4 is 15.9 Å². The summed E-state index contributed by atoms with van der Waals surface area (Å²) >= 11 is 0. The van der Waals surface area contributed by atoms with Gasteiger partial charge in [0, 0.05) is 11.4 Å². The third kappa shape index (κ3) is 0.778. The zero-order valence-corrected chi connectivity index (χ0v) is 5.49. The van der Waals surface area contributed by atoms with Gasteiger partial charge in [0.1, 0.15) is 6.67 Å². The van der Waals surface area contributed by atoms with E-state index in [1.165, 1.54) is 5.31 Å². The van der Waals surface area contributed by atoms with E-state index in [-0.39, 0.29) is 0 Å². The Bertz CT molecular complexity index is 372. The maximum Gasteiger partial charge on any atom is 0.161 e. The minimum atomic E-state index is 0.441. The molecule has 0 bridgehead atoms. The SMILES string of the molecule is [2H]N1C=c2ccccc2=NC1. The Morgan fingerprint density at radius 1 is 1.50 bits per heavy atom. The predicted octanol–water partition coefficient (Wildman–Crippen LogP) is -0.395. The number of rotatable bonds is 0. The molecule has 1 aromatic rings. The summed E-state index contributed by atoms with van der Waals surface area (Å²) in [6.45, 7) is 0.441. The van der Waals surface area contributed by atoms with Gasteiger partial charge >= 0.3 is 0 Å². The second-order valence-corrected chi connectivity index (χ2v) is 2.17. The van der Waals surface area contributed by atoms with Crippen LogP contribution in [0.4, 0.5) is 0 Å². The fourth-order valence-electron chi connectivity index (χ4n) is 0.997. The maximum atomic E-state index is 7.29. The minimum absolute atomic E-state index is 0.441. The molecule has 1 aliphatic rings. The Labute approximate surface area is 60.4 Å². The number of nitrogens with one attached hydrogen (secondary N) is 1. The topological polar surface area (TPSA) is 24.4 Å². The summed E-state index contributed by atoms with van der Waals surface area (Å²) in [5.41, 5.74) is 0. The summed E-state index contributed by atoms with van der Waals surface area (Å²) in [6, 6.07) is 7.82. The second kappa shape index (κ2) is 2.14. The van der Waals surface area contributed by atoms with E-state index in [0.29, 0.717) is 6.67 Å². The smallest absolute Gasteiger partial charge is 0.161 e. The molecule has 50 valence electrons. The lowest BCUT2D eigenvalue weighted by Crippen LogP contribution is -2.32. The van der Waals surface area contributed by atoms with E-state index >= 15 is 0 Å². The molecular weight excluding hydrogens is 124 g/mol. The summed E-state index contributed by atoms with van der Waals surface area (Å²) in [5, 5.41) is 3.33. The largest absolute Gasteiger partial charge is 0.372 e. The summed E-state index contributed by atoms with van der Waals surface area (Å²) < 4.78 is 7.29. The molecule has 0 fully saturated rings. The van der Waals surface area contributed by atoms with Gasteiger partial charge in [-0.25, -0.2) is 0 Å². The second-order valence-electron chi connectivity index (χ2n) is 2.17.